The second-order valence-corrected chi connectivity index (χ2v) is 7.03. The van der Waals surface area contributed by atoms with E-state index in [1.165, 1.54) is 4.90 Å². The van der Waals surface area contributed by atoms with Gasteiger partial charge in [-0.25, -0.2) is 0 Å². The zero-order valence-electron chi connectivity index (χ0n) is 16.8. The average molecular weight is 413 g/mol. The van der Waals surface area contributed by atoms with Crippen LogP contribution < -0.4 is 21.7 Å². The number of nitrogens with two attached hydrogens (primary N) is 1. The Balaban J connectivity index is 2.72. The zero-order chi connectivity index (χ0) is 22.0. The van der Waals surface area contributed by atoms with Crippen molar-refractivity contribution < 1.29 is 29.1 Å². The van der Waals surface area contributed by atoms with E-state index in [1.807, 2.05) is 6.92 Å². The summed E-state index contributed by atoms with van der Waals surface area (Å²) < 4.78 is 0. The number of nitrogens with one attached hydrogen (secondary N) is 3. The predicted molar refractivity (Wildman–Crippen MR) is 103 cm³/mol. The van der Waals surface area contributed by atoms with E-state index in [9.17, 15) is 24.0 Å². The second kappa shape index (κ2) is 12.1. The number of carbonyl (C=O) groups excluding carboxylic acids is 5. The van der Waals surface area contributed by atoms with Crippen LogP contribution in [0, 0.1) is 5.92 Å². The highest BCUT2D eigenvalue weighted by Gasteiger charge is 2.36. The minimum absolute atomic E-state index is 0.191. The first-order chi connectivity index (χ1) is 13.8. The number of aldehydes is 1. The summed E-state index contributed by atoms with van der Waals surface area (Å²) in [5.74, 6) is -2.17. The van der Waals surface area contributed by atoms with Crippen molar-refractivity contribution in [3.63, 3.8) is 0 Å². The summed E-state index contributed by atoms with van der Waals surface area (Å²) >= 11 is 0. The quantitative estimate of drug-likeness (QED) is 0.229. The number of carbonyl (C=O) groups is 5. The normalized spacial score (nSPS) is 19.0. The van der Waals surface area contributed by atoms with Gasteiger partial charge >= 0.3 is 0 Å². The number of aliphatic hydroxyl groups is 1. The lowest BCUT2D eigenvalue weighted by molar-refractivity contribution is -0.139. The van der Waals surface area contributed by atoms with Gasteiger partial charge in [-0.3, -0.25) is 19.2 Å². The van der Waals surface area contributed by atoms with Gasteiger partial charge in [0.25, 0.3) is 0 Å². The molecule has 1 fully saturated rings. The Bertz CT molecular complexity index is 614. The fourth-order valence-electron chi connectivity index (χ4n) is 3.06. The summed E-state index contributed by atoms with van der Waals surface area (Å²) in [6.45, 7) is 2.94. The number of hydrogen-bond acceptors (Lipinski definition) is 7. The molecule has 1 aliphatic rings. The van der Waals surface area contributed by atoms with E-state index in [-0.39, 0.29) is 18.4 Å². The van der Waals surface area contributed by atoms with Gasteiger partial charge in [0.05, 0.1) is 19.7 Å². The third kappa shape index (κ3) is 7.09. The third-order valence-corrected chi connectivity index (χ3v) is 4.97. The van der Waals surface area contributed by atoms with Gasteiger partial charge in [-0.05, 0) is 18.8 Å². The molecule has 0 aromatic rings. The summed E-state index contributed by atoms with van der Waals surface area (Å²) in [5, 5.41) is 16.3. The maximum atomic E-state index is 12.7. The van der Waals surface area contributed by atoms with Crippen LogP contribution in [0.15, 0.2) is 0 Å². The maximum absolute atomic E-state index is 12.7. The predicted octanol–water partition coefficient (Wildman–Crippen LogP) is -2.74. The van der Waals surface area contributed by atoms with Gasteiger partial charge in [-0.2, -0.15) is 0 Å². The molecule has 1 rings (SSSR count). The third-order valence-electron chi connectivity index (χ3n) is 4.97. The average Bonchev–Trinajstić information content (AvgIpc) is 3.22. The minimum Gasteiger partial charge on any atom is -0.394 e. The van der Waals surface area contributed by atoms with Gasteiger partial charge in [0, 0.05) is 6.54 Å². The number of aliphatic hydroxyl groups excluding tert-OH is 1. The van der Waals surface area contributed by atoms with E-state index in [0.29, 0.717) is 32.1 Å². The van der Waals surface area contributed by atoms with Gasteiger partial charge in [-0.1, -0.05) is 20.3 Å². The lowest BCUT2D eigenvalue weighted by atomic mass is 9.97. The first-order valence-electron chi connectivity index (χ1n) is 9.72. The van der Waals surface area contributed by atoms with Gasteiger partial charge in [0.1, 0.15) is 24.4 Å². The molecule has 11 heteroatoms. The SMILES string of the molecule is CCC(C)C(NC(=O)C1CCCN1C(=O)CN)C(=O)NCC(=O)NC(C=O)CO. The minimum atomic E-state index is -1.04. The molecule has 0 bridgehead atoms. The fraction of sp³-hybridized carbons (Fsp3) is 0.722. The van der Waals surface area contributed by atoms with Crippen molar-refractivity contribution in [1.29, 1.82) is 0 Å². The molecule has 4 amide bonds. The summed E-state index contributed by atoms with van der Waals surface area (Å²) in [5.41, 5.74) is 5.39. The monoisotopic (exact) mass is 413 g/mol. The standard InChI is InChI=1S/C18H31N5O6/c1-3-11(2)16(18(29)20-8-14(26)21-12(9-24)10-25)22-17(28)13-5-4-6-23(13)15(27)7-19/h9,11-13,16,25H,3-8,10,19H2,1-2H3,(H,20,29)(H,21,26)(H,22,28). The molecule has 4 atom stereocenters. The number of amides is 4. The van der Waals surface area contributed by atoms with Crippen molar-refractivity contribution in [1.82, 2.24) is 20.9 Å². The van der Waals surface area contributed by atoms with Crippen LogP contribution in [0.25, 0.3) is 0 Å². The molecular formula is C18H31N5O6. The molecular weight excluding hydrogens is 382 g/mol. The Labute approximate surface area is 169 Å². The highest BCUT2D eigenvalue weighted by Crippen LogP contribution is 2.18. The molecule has 0 aromatic carbocycles. The van der Waals surface area contributed by atoms with Gasteiger partial charge in [0.2, 0.25) is 23.6 Å². The Kier molecular flexibility index (Phi) is 10.2. The van der Waals surface area contributed by atoms with Gasteiger partial charge < -0.3 is 36.5 Å². The van der Waals surface area contributed by atoms with Crippen molar-refractivity contribution in [2.45, 2.75) is 51.2 Å². The molecule has 1 aliphatic heterocycles. The first kappa shape index (κ1) is 24.5. The molecule has 0 spiro atoms. The van der Waals surface area contributed by atoms with Crippen LogP contribution in [-0.4, -0.2) is 84.3 Å². The van der Waals surface area contributed by atoms with Crippen molar-refractivity contribution >= 4 is 29.9 Å². The topological polar surface area (TPSA) is 171 Å². The van der Waals surface area contributed by atoms with E-state index in [2.05, 4.69) is 16.0 Å². The lowest BCUT2D eigenvalue weighted by Gasteiger charge is -2.28. The first-order valence-corrected chi connectivity index (χ1v) is 9.72. The number of hydrogen-bond donors (Lipinski definition) is 5. The molecule has 164 valence electrons. The van der Waals surface area contributed by atoms with Crippen LogP contribution in [0.2, 0.25) is 0 Å². The molecule has 1 saturated heterocycles. The van der Waals surface area contributed by atoms with Crippen LogP contribution in [0.4, 0.5) is 0 Å². The van der Waals surface area contributed by atoms with Crippen molar-refractivity contribution in [3.05, 3.63) is 0 Å². The molecule has 6 N–H and O–H groups in total. The van der Waals surface area contributed by atoms with Crippen molar-refractivity contribution in [2.24, 2.45) is 11.7 Å². The Morgan fingerprint density at radius 3 is 2.52 bits per heavy atom. The van der Waals surface area contributed by atoms with E-state index in [4.69, 9.17) is 10.8 Å². The van der Waals surface area contributed by atoms with Crippen LogP contribution in [0.3, 0.4) is 0 Å². The summed E-state index contributed by atoms with van der Waals surface area (Å²) in [6, 6.07) is -2.61. The molecule has 0 aliphatic carbocycles. The van der Waals surface area contributed by atoms with Crippen LogP contribution in [-0.2, 0) is 24.0 Å². The van der Waals surface area contributed by atoms with Gasteiger partial charge in [-0.15, -0.1) is 0 Å². The molecule has 29 heavy (non-hydrogen) atoms. The van der Waals surface area contributed by atoms with E-state index < -0.39 is 49.0 Å². The lowest BCUT2D eigenvalue weighted by Crippen LogP contribution is -2.56. The highest BCUT2D eigenvalue weighted by molar-refractivity contribution is 5.94. The van der Waals surface area contributed by atoms with Gasteiger partial charge in [0.15, 0.2) is 0 Å². The Morgan fingerprint density at radius 2 is 1.97 bits per heavy atom. The number of nitrogens with zero attached hydrogens (tertiary/aromatic N) is 1. The molecule has 1 heterocycles. The van der Waals surface area contributed by atoms with Crippen LogP contribution >= 0.6 is 0 Å². The van der Waals surface area contributed by atoms with Crippen molar-refractivity contribution in [2.75, 3.05) is 26.2 Å². The smallest absolute Gasteiger partial charge is 0.243 e. The maximum Gasteiger partial charge on any atom is 0.243 e. The molecule has 0 aromatic heterocycles. The molecule has 11 nitrogen and oxygen atoms in total. The van der Waals surface area contributed by atoms with Crippen LogP contribution in [0.1, 0.15) is 33.1 Å². The molecule has 0 saturated carbocycles. The number of likely N-dealkylation sites (tertiary alicyclic amines) is 1. The number of rotatable bonds is 11. The highest BCUT2D eigenvalue weighted by atomic mass is 16.3. The van der Waals surface area contributed by atoms with E-state index >= 15 is 0 Å². The molecule has 0 radical (unpaired) electrons. The van der Waals surface area contributed by atoms with Crippen molar-refractivity contribution in [3.8, 4) is 0 Å². The summed E-state index contributed by atoms with van der Waals surface area (Å²) in [7, 11) is 0. The Hall–Kier alpha value is -2.53. The summed E-state index contributed by atoms with van der Waals surface area (Å²) in [4.78, 5) is 61.0. The summed E-state index contributed by atoms with van der Waals surface area (Å²) in [6.07, 6.45) is 2.15. The molecule has 4 unspecified atom stereocenters. The zero-order valence-corrected chi connectivity index (χ0v) is 16.8. The second-order valence-electron chi connectivity index (χ2n) is 7.03. The van der Waals surface area contributed by atoms with Crippen LogP contribution in [0.5, 0.6) is 0 Å². The fourth-order valence-corrected chi connectivity index (χ4v) is 3.06. The van der Waals surface area contributed by atoms with E-state index in [1.54, 1.807) is 6.92 Å². The Morgan fingerprint density at radius 1 is 1.28 bits per heavy atom. The van der Waals surface area contributed by atoms with E-state index in [0.717, 1.165) is 0 Å². The largest absolute Gasteiger partial charge is 0.394 e.